The highest BCUT2D eigenvalue weighted by atomic mass is 32.2. The molecule has 1 heterocycles. The predicted molar refractivity (Wildman–Crippen MR) is 50.7 cm³/mol. The van der Waals surface area contributed by atoms with Crippen LogP contribution in [0.4, 0.5) is 0 Å². The zero-order chi connectivity index (χ0) is 8.27. The van der Waals surface area contributed by atoms with Crippen molar-refractivity contribution in [3.8, 4) is 0 Å². The van der Waals surface area contributed by atoms with Gasteiger partial charge in [0.1, 0.15) is 0 Å². The highest BCUT2D eigenvalue weighted by Gasteiger charge is 1.99. The van der Waals surface area contributed by atoms with E-state index >= 15 is 0 Å². The number of rotatable bonds is 3. The van der Waals surface area contributed by atoms with E-state index in [1.54, 1.807) is 18.0 Å². The summed E-state index contributed by atoms with van der Waals surface area (Å²) in [5, 5.41) is 0.942. The zero-order valence-electron chi connectivity index (χ0n) is 6.15. The maximum Gasteiger partial charge on any atom is 0.168 e. The van der Waals surface area contributed by atoms with Crippen LogP contribution in [0.5, 0.6) is 0 Å². The number of imidazole rings is 1. The molecule has 0 radical (unpaired) electrons. The molecule has 1 aromatic heterocycles. The average Bonchev–Trinajstić information content (AvgIpc) is 2.31. The molecule has 0 amide bonds. The molecule has 1 rings (SSSR count). The second kappa shape index (κ2) is 3.73. The number of nitrogens with two attached hydrogens (primary N) is 1. The van der Waals surface area contributed by atoms with Gasteiger partial charge < -0.3 is 10.3 Å². The molecule has 2 N–H and O–H groups in total. The van der Waals surface area contributed by atoms with Crippen LogP contribution in [0.15, 0.2) is 17.6 Å². The molecule has 1 aromatic rings. The molecule has 0 saturated heterocycles. The van der Waals surface area contributed by atoms with Gasteiger partial charge in [0.05, 0.1) is 10.7 Å². The first-order chi connectivity index (χ1) is 5.20. The molecule has 0 aliphatic rings. The maximum absolute atomic E-state index is 5.33. The summed E-state index contributed by atoms with van der Waals surface area (Å²) < 4.78 is 1.93. The minimum absolute atomic E-state index is 0.512. The van der Waals surface area contributed by atoms with E-state index in [1.165, 1.54) is 0 Å². The highest BCUT2D eigenvalue weighted by Crippen LogP contribution is 2.13. The van der Waals surface area contributed by atoms with Gasteiger partial charge in [-0.3, -0.25) is 0 Å². The summed E-state index contributed by atoms with van der Waals surface area (Å²) in [6, 6.07) is 0. The minimum Gasteiger partial charge on any atom is -0.393 e. The average molecular weight is 187 g/mol. The molecular weight excluding hydrogens is 178 g/mol. The molecule has 0 atom stereocenters. The highest BCUT2D eigenvalue weighted by molar-refractivity contribution is 8.00. The molecule has 0 fully saturated rings. The Hall–Kier alpha value is -0.550. The minimum atomic E-state index is 0.512. The summed E-state index contributed by atoms with van der Waals surface area (Å²) in [4.78, 5) is 4.61. The van der Waals surface area contributed by atoms with Crippen molar-refractivity contribution in [3.05, 3.63) is 12.4 Å². The number of nitrogens with zero attached hydrogens (tertiary/aromatic N) is 2. The smallest absolute Gasteiger partial charge is 0.168 e. The van der Waals surface area contributed by atoms with Gasteiger partial charge in [0.25, 0.3) is 0 Å². The Morgan fingerprint density at radius 3 is 3.09 bits per heavy atom. The second-order valence-electron chi connectivity index (χ2n) is 2.08. The lowest BCUT2D eigenvalue weighted by atomic mass is 10.8. The van der Waals surface area contributed by atoms with Crippen molar-refractivity contribution in [2.75, 3.05) is 5.75 Å². The maximum atomic E-state index is 5.33. The van der Waals surface area contributed by atoms with Crippen molar-refractivity contribution in [2.24, 2.45) is 12.8 Å². The van der Waals surface area contributed by atoms with E-state index in [-0.39, 0.29) is 0 Å². The van der Waals surface area contributed by atoms with Crippen molar-refractivity contribution < 1.29 is 0 Å². The van der Waals surface area contributed by atoms with Gasteiger partial charge in [-0.15, -0.1) is 0 Å². The molecule has 0 aliphatic carbocycles. The van der Waals surface area contributed by atoms with Crippen LogP contribution in [0.2, 0.25) is 0 Å². The van der Waals surface area contributed by atoms with E-state index in [1.807, 2.05) is 17.8 Å². The third-order valence-electron chi connectivity index (χ3n) is 1.12. The van der Waals surface area contributed by atoms with Crippen molar-refractivity contribution in [1.82, 2.24) is 9.55 Å². The van der Waals surface area contributed by atoms with Gasteiger partial charge in [0, 0.05) is 19.4 Å². The Morgan fingerprint density at radius 1 is 1.91 bits per heavy atom. The molecule has 3 nitrogen and oxygen atoms in total. The normalized spacial score (nSPS) is 9.91. The van der Waals surface area contributed by atoms with Crippen molar-refractivity contribution in [3.63, 3.8) is 0 Å². The van der Waals surface area contributed by atoms with Gasteiger partial charge in [-0.05, 0) is 0 Å². The molecule has 60 valence electrons. The predicted octanol–water partition coefficient (Wildman–Crippen LogP) is 0.798. The summed E-state index contributed by atoms with van der Waals surface area (Å²) in [5.41, 5.74) is 5.33. The van der Waals surface area contributed by atoms with Crippen LogP contribution < -0.4 is 5.73 Å². The fraction of sp³-hybridized carbons (Fsp3) is 0.333. The lowest BCUT2D eigenvalue weighted by molar-refractivity contribution is 0.791. The Morgan fingerprint density at radius 2 is 2.64 bits per heavy atom. The molecule has 0 bridgehead atoms. The Kier molecular flexibility index (Phi) is 2.90. The first-order valence-electron chi connectivity index (χ1n) is 3.08. The summed E-state index contributed by atoms with van der Waals surface area (Å²) in [6.07, 6.45) is 3.64. The molecule has 0 saturated carbocycles. The molecule has 11 heavy (non-hydrogen) atoms. The van der Waals surface area contributed by atoms with Crippen molar-refractivity contribution in [2.45, 2.75) is 5.16 Å². The quantitative estimate of drug-likeness (QED) is 0.561. The number of thiocarbonyl (C=S) groups is 1. The van der Waals surface area contributed by atoms with Crippen LogP contribution in [0.1, 0.15) is 0 Å². The van der Waals surface area contributed by atoms with E-state index < -0.39 is 0 Å². The lowest BCUT2D eigenvalue weighted by Gasteiger charge is -1.98. The summed E-state index contributed by atoms with van der Waals surface area (Å²) in [5.74, 6) is 0.653. The number of hydrogen-bond donors (Lipinski definition) is 1. The van der Waals surface area contributed by atoms with Crippen LogP contribution in [0.3, 0.4) is 0 Å². The van der Waals surface area contributed by atoms with Gasteiger partial charge in [-0.1, -0.05) is 24.0 Å². The second-order valence-corrected chi connectivity index (χ2v) is 3.54. The van der Waals surface area contributed by atoms with Crippen LogP contribution >= 0.6 is 24.0 Å². The van der Waals surface area contributed by atoms with E-state index in [2.05, 4.69) is 4.98 Å². The third kappa shape index (κ3) is 2.51. The molecule has 5 heteroatoms. The monoisotopic (exact) mass is 187 g/mol. The van der Waals surface area contributed by atoms with Gasteiger partial charge in [0.2, 0.25) is 0 Å². The SMILES string of the molecule is Cn1ccnc1SCC(N)=S. The standard InChI is InChI=1S/C6H9N3S2/c1-9-3-2-8-6(9)11-4-5(7)10/h2-3H,4H2,1H3,(H2,7,10). The molecule has 0 spiro atoms. The Bertz CT molecular complexity index is 256. The molecule has 0 aromatic carbocycles. The van der Waals surface area contributed by atoms with Gasteiger partial charge >= 0.3 is 0 Å². The fourth-order valence-corrected chi connectivity index (χ4v) is 1.47. The molecule has 0 unspecified atom stereocenters. The largest absolute Gasteiger partial charge is 0.393 e. The Balaban J connectivity index is 2.51. The third-order valence-corrected chi connectivity index (χ3v) is 2.55. The number of thioether (sulfide) groups is 1. The number of hydrogen-bond acceptors (Lipinski definition) is 3. The van der Waals surface area contributed by atoms with Gasteiger partial charge in [-0.2, -0.15) is 0 Å². The van der Waals surface area contributed by atoms with E-state index in [9.17, 15) is 0 Å². The van der Waals surface area contributed by atoms with Crippen LogP contribution in [-0.2, 0) is 7.05 Å². The molecular formula is C6H9N3S2. The first-order valence-corrected chi connectivity index (χ1v) is 4.48. The van der Waals surface area contributed by atoms with Crippen molar-refractivity contribution in [1.29, 1.82) is 0 Å². The fourth-order valence-electron chi connectivity index (χ4n) is 0.627. The summed E-state index contributed by atoms with van der Waals surface area (Å²) in [6.45, 7) is 0. The van der Waals surface area contributed by atoms with Crippen LogP contribution in [0.25, 0.3) is 0 Å². The van der Waals surface area contributed by atoms with E-state index in [0.29, 0.717) is 10.7 Å². The van der Waals surface area contributed by atoms with E-state index in [4.69, 9.17) is 18.0 Å². The van der Waals surface area contributed by atoms with Gasteiger partial charge in [0.15, 0.2) is 5.16 Å². The number of aryl methyl sites for hydroxylation is 1. The number of aromatic nitrogens is 2. The Labute approximate surface area is 75.0 Å². The zero-order valence-corrected chi connectivity index (χ0v) is 7.78. The summed E-state index contributed by atoms with van der Waals surface area (Å²) >= 11 is 6.28. The lowest BCUT2D eigenvalue weighted by Crippen LogP contribution is -2.10. The van der Waals surface area contributed by atoms with Crippen LogP contribution in [0, 0.1) is 0 Å². The summed E-state index contributed by atoms with van der Waals surface area (Å²) in [7, 11) is 1.94. The van der Waals surface area contributed by atoms with E-state index in [0.717, 1.165) is 5.16 Å². The molecule has 0 aliphatic heterocycles. The van der Waals surface area contributed by atoms with Crippen LogP contribution in [-0.4, -0.2) is 20.3 Å². The topological polar surface area (TPSA) is 43.8 Å². The first kappa shape index (κ1) is 8.55. The van der Waals surface area contributed by atoms with Crippen molar-refractivity contribution >= 4 is 29.0 Å². The van der Waals surface area contributed by atoms with Gasteiger partial charge in [-0.25, -0.2) is 4.98 Å².